The molecule has 0 saturated heterocycles. The van der Waals surface area contributed by atoms with Crippen LogP contribution in [-0.4, -0.2) is 25.1 Å². The number of halogens is 1. The zero-order valence-corrected chi connectivity index (χ0v) is 12.8. The van der Waals surface area contributed by atoms with E-state index >= 15 is 0 Å². The number of hydrogen-bond donors (Lipinski definition) is 2. The van der Waals surface area contributed by atoms with Crippen molar-refractivity contribution in [2.24, 2.45) is 11.7 Å². The van der Waals surface area contributed by atoms with Gasteiger partial charge in [-0.3, -0.25) is 4.79 Å². The van der Waals surface area contributed by atoms with Crippen LogP contribution >= 0.6 is 12.4 Å². The molecule has 1 fully saturated rings. The molecule has 0 spiro atoms. The number of ether oxygens (including phenoxy) is 1. The van der Waals surface area contributed by atoms with Crippen molar-refractivity contribution in [1.29, 1.82) is 0 Å². The molecule has 20 heavy (non-hydrogen) atoms. The summed E-state index contributed by atoms with van der Waals surface area (Å²) in [6, 6.07) is 7.59. The molecule has 1 amide bonds. The molecule has 1 aromatic rings. The fraction of sp³-hybridized carbons (Fsp3) is 0.533. The average Bonchev–Trinajstić information content (AvgIpc) is 3.23. The van der Waals surface area contributed by atoms with E-state index in [9.17, 15) is 4.79 Å². The lowest BCUT2D eigenvalue weighted by Gasteiger charge is -2.29. The van der Waals surface area contributed by atoms with Crippen LogP contribution in [-0.2, 0) is 11.2 Å². The van der Waals surface area contributed by atoms with Gasteiger partial charge in [0.15, 0.2) is 0 Å². The summed E-state index contributed by atoms with van der Waals surface area (Å²) in [6.45, 7) is 2.51. The fourth-order valence-electron chi connectivity index (χ4n) is 2.42. The van der Waals surface area contributed by atoms with Gasteiger partial charge >= 0.3 is 0 Å². The van der Waals surface area contributed by atoms with Crippen molar-refractivity contribution in [3.8, 4) is 5.75 Å². The minimum Gasteiger partial charge on any atom is -0.496 e. The number of carbonyl (C=O) groups is 1. The predicted molar refractivity (Wildman–Crippen MR) is 82.3 cm³/mol. The molecule has 1 aliphatic carbocycles. The largest absolute Gasteiger partial charge is 0.496 e. The van der Waals surface area contributed by atoms with Crippen LogP contribution < -0.4 is 15.8 Å². The number of carbonyl (C=O) groups excluding carboxylic acids is 1. The molecule has 1 saturated carbocycles. The maximum absolute atomic E-state index is 12.2. The minimum atomic E-state index is -0.265. The van der Waals surface area contributed by atoms with Gasteiger partial charge in [-0.05, 0) is 31.7 Å². The van der Waals surface area contributed by atoms with E-state index in [1.165, 1.54) is 0 Å². The van der Waals surface area contributed by atoms with Crippen LogP contribution in [0.3, 0.4) is 0 Å². The van der Waals surface area contributed by atoms with Gasteiger partial charge in [-0.15, -0.1) is 12.4 Å². The van der Waals surface area contributed by atoms with Crippen LogP contribution in [0.2, 0.25) is 0 Å². The number of benzene rings is 1. The highest BCUT2D eigenvalue weighted by Gasteiger charge is 2.41. The van der Waals surface area contributed by atoms with Crippen molar-refractivity contribution >= 4 is 18.3 Å². The summed E-state index contributed by atoms with van der Waals surface area (Å²) >= 11 is 0. The van der Waals surface area contributed by atoms with Crippen LogP contribution in [0.15, 0.2) is 24.3 Å². The zero-order chi connectivity index (χ0) is 13.9. The summed E-state index contributed by atoms with van der Waals surface area (Å²) in [5, 5.41) is 3.09. The lowest BCUT2D eigenvalue weighted by atomic mass is 9.95. The highest BCUT2D eigenvalue weighted by atomic mass is 35.5. The Hall–Kier alpha value is -1.26. The molecule has 1 aromatic carbocycles. The van der Waals surface area contributed by atoms with Gasteiger partial charge in [-0.2, -0.15) is 0 Å². The van der Waals surface area contributed by atoms with E-state index < -0.39 is 0 Å². The first-order chi connectivity index (χ1) is 9.09. The maximum atomic E-state index is 12.2. The zero-order valence-electron chi connectivity index (χ0n) is 12.0. The monoisotopic (exact) mass is 298 g/mol. The highest BCUT2D eigenvalue weighted by molar-refractivity contribution is 5.85. The van der Waals surface area contributed by atoms with Gasteiger partial charge in [0.25, 0.3) is 0 Å². The Kier molecular flexibility index (Phi) is 5.84. The molecule has 0 radical (unpaired) electrons. The molecule has 0 bridgehead atoms. The molecular weight excluding hydrogens is 276 g/mol. The first kappa shape index (κ1) is 16.8. The van der Waals surface area contributed by atoms with Crippen molar-refractivity contribution in [1.82, 2.24) is 5.32 Å². The van der Waals surface area contributed by atoms with Crippen LogP contribution in [0.5, 0.6) is 5.75 Å². The third-order valence-electron chi connectivity index (χ3n) is 3.87. The van der Waals surface area contributed by atoms with E-state index in [1.54, 1.807) is 7.11 Å². The van der Waals surface area contributed by atoms with Gasteiger partial charge in [0.1, 0.15) is 5.75 Å². The van der Waals surface area contributed by atoms with E-state index in [1.807, 2.05) is 31.2 Å². The third kappa shape index (κ3) is 3.87. The number of amides is 1. The number of para-hydroxylation sites is 1. The summed E-state index contributed by atoms with van der Waals surface area (Å²) in [6.07, 6.45) is 2.64. The second kappa shape index (κ2) is 6.95. The Bertz CT molecular complexity index is 463. The van der Waals surface area contributed by atoms with Crippen LogP contribution in [0.4, 0.5) is 0 Å². The number of rotatable bonds is 6. The first-order valence-corrected chi connectivity index (χ1v) is 6.72. The number of hydrogen-bond acceptors (Lipinski definition) is 3. The summed E-state index contributed by atoms with van der Waals surface area (Å²) in [5.74, 6) is 1.28. The summed E-state index contributed by atoms with van der Waals surface area (Å²) in [4.78, 5) is 12.2. The van der Waals surface area contributed by atoms with E-state index in [0.717, 1.165) is 24.2 Å². The second-order valence-electron chi connectivity index (χ2n) is 5.43. The number of methoxy groups -OCH3 is 1. The Morgan fingerprint density at radius 2 is 2.10 bits per heavy atom. The van der Waals surface area contributed by atoms with Crippen molar-refractivity contribution in [2.75, 3.05) is 13.7 Å². The Morgan fingerprint density at radius 3 is 2.65 bits per heavy atom. The Labute approximate surface area is 126 Å². The molecule has 1 atom stereocenters. The number of nitrogens with one attached hydrogen (secondary N) is 1. The van der Waals surface area contributed by atoms with Gasteiger partial charge in [0.2, 0.25) is 5.91 Å². The molecule has 112 valence electrons. The SMILES string of the molecule is COc1ccccc1CC(=O)NC(C)(CN)C1CC1.Cl. The molecule has 0 aliphatic heterocycles. The standard InChI is InChI=1S/C15H22N2O2.ClH/c1-15(10-16,12-7-8-12)17-14(18)9-11-5-3-4-6-13(11)19-2;/h3-6,12H,7-10,16H2,1-2H3,(H,17,18);1H. The summed E-state index contributed by atoms with van der Waals surface area (Å²) in [7, 11) is 1.62. The maximum Gasteiger partial charge on any atom is 0.225 e. The Morgan fingerprint density at radius 1 is 1.45 bits per heavy atom. The van der Waals surface area contributed by atoms with Gasteiger partial charge < -0.3 is 15.8 Å². The van der Waals surface area contributed by atoms with E-state index in [2.05, 4.69) is 5.32 Å². The predicted octanol–water partition coefficient (Wildman–Crippen LogP) is 1.90. The van der Waals surface area contributed by atoms with Gasteiger partial charge in [0.05, 0.1) is 19.1 Å². The molecule has 5 heteroatoms. The summed E-state index contributed by atoms with van der Waals surface area (Å²) in [5.41, 5.74) is 6.44. The van der Waals surface area contributed by atoms with Crippen LogP contribution in [0.25, 0.3) is 0 Å². The number of nitrogens with two attached hydrogens (primary N) is 1. The Balaban J connectivity index is 0.00000200. The normalized spacial score (nSPS) is 16.8. The lowest BCUT2D eigenvalue weighted by Crippen LogP contribution is -2.53. The van der Waals surface area contributed by atoms with E-state index in [0.29, 0.717) is 18.9 Å². The van der Waals surface area contributed by atoms with Crippen molar-refractivity contribution in [3.05, 3.63) is 29.8 Å². The van der Waals surface area contributed by atoms with Gasteiger partial charge in [-0.25, -0.2) is 0 Å². The lowest BCUT2D eigenvalue weighted by molar-refractivity contribution is -0.122. The summed E-state index contributed by atoms with van der Waals surface area (Å²) < 4.78 is 5.26. The first-order valence-electron chi connectivity index (χ1n) is 6.72. The average molecular weight is 299 g/mol. The van der Waals surface area contributed by atoms with Crippen molar-refractivity contribution in [3.63, 3.8) is 0 Å². The van der Waals surface area contributed by atoms with Crippen LogP contribution in [0, 0.1) is 5.92 Å². The fourth-order valence-corrected chi connectivity index (χ4v) is 2.42. The minimum absolute atomic E-state index is 0. The highest BCUT2D eigenvalue weighted by Crippen LogP contribution is 2.39. The van der Waals surface area contributed by atoms with E-state index in [4.69, 9.17) is 10.5 Å². The quantitative estimate of drug-likeness (QED) is 0.843. The van der Waals surface area contributed by atoms with E-state index in [-0.39, 0.29) is 23.9 Å². The van der Waals surface area contributed by atoms with Crippen molar-refractivity contribution < 1.29 is 9.53 Å². The second-order valence-corrected chi connectivity index (χ2v) is 5.43. The molecule has 2 rings (SSSR count). The third-order valence-corrected chi connectivity index (χ3v) is 3.87. The molecule has 3 N–H and O–H groups in total. The molecule has 0 aromatic heterocycles. The van der Waals surface area contributed by atoms with Gasteiger partial charge in [-0.1, -0.05) is 18.2 Å². The topological polar surface area (TPSA) is 64.3 Å². The van der Waals surface area contributed by atoms with Crippen LogP contribution in [0.1, 0.15) is 25.3 Å². The molecule has 1 aliphatic rings. The molecular formula is C15H23ClN2O2. The van der Waals surface area contributed by atoms with Crippen molar-refractivity contribution in [2.45, 2.75) is 31.7 Å². The molecule has 4 nitrogen and oxygen atoms in total. The van der Waals surface area contributed by atoms with Gasteiger partial charge in [0, 0.05) is 12.1 Å². The molecule has 0 heterocycles. The smallest absolute Gasteiger partial charge is 0.225 e. The molecule has 1 unspecified atom stereocenters.